The molecule has 0 bridgehead atoms. The van der Waals surface area contributed by atoms with Crippen LogP contribution in [0, 0.1) is 17.3 Å². The maximum Gasteiger partial charge on any atom is 0.292 e. The van der Waals surface area contributed by atoms with E-state index in [9.17, 15) is 4.39 Å². The fourth-order valence-corrected chi connectivity index (χ4v) is 3.02. The van der Waals surface area contributed by atoms with E-state index in [1.807, 2.05) is 13.0 Å². The van der Waals surface area contributed by atoms with Gasteiger partial charge < -0.3 is 19.9 Å². The summed E-state index contributed by atoms with van der Waals surface area (Å²) < 4.78 is 29.0. The second kappa shape index (κ2) is 9.59. The van der Waals surface area contributed by atoms with Crippen molar-refractivity contribution in [1.82, 2.24) is 4.98 Å². The van der Waals surface area contributed by atoms with E-state index >= 15 is 0 Å². The van der Waals surface area contributed by atoms with Crippen LogP contribution in [0.3, 0.4) is 0 Å². The highest BCUT2D eigenvalue weighted by Gasteiger charge is 2.19. The van der Waals surface area contributed by atoms with Gasteiger partial charge in [-0.2, -0.15) is 0 Å². The molecule has 0 saturated carbocycles. The third-order valence-electron chi connectivity index (χ3n) is 4.66. The number of benzene rings is 2. The SMILES string of the molecule is COc1ccc(C(C)N=C(N)c2cc(-c3ccc(F)cc3)cc(OC)c2OC#N)cn1. The van der Waals surface area contributed by atoms with Crippen molar-refractivity contribution in [2.24, 2.45) is 10.7 Å². The van der Waals surface area contributed by atoms with Crippen LogP contribution in [-0.4, -0.2) is 25.0 Å². The molecule has 3 rings (SSSR count). The Morgan fingerprint density at radius 3 is 2.42 bits per heavy atom. The molecule has 31 heavy (non-hydrogen) atoms. The van der Waals surface area contributed by atoms with Crippen molar-refractivity contribution < 1.29 is 18.6 Å². The zero-order valence-electron chi connectivity index (χ0n) is 17.3. The molecule has 0 amide bonds. The maximum absolute atomic E-state index is 13.3. The number of amidine groups is 1. The van der Waals surface area contributed by atoms with Gasteiger partial charge in [0, 0.05) is 12.3 Å². The molecular formula is C23H21FN4O3. The largest absolute Gasteiger partial charge is 0.493 e. The fraction of sp³-hybridized carbons (Fsp3) is 0.174. The Balaban J connectivity index is 2.07. The number of halogens is 1. The topological polar surface area (TPSA) is 103 Å². The van der Waals surface area contributed by atoms with Crippen molar-refractivity contribution in [1.29, 1.82) is 5.26 Å². The Hall–Kier alpha value is -4.12. The van der Waals surface area contributed by atoms with E-state index in [0.717, 1.165) is 11.1 Å². The van der Waals surface area contributed by atoms with Gasteiger partial charge in [0.05, 0.1) is 25.8 Å². The first-order valence-electron chi connectivity index (χ1n) is 9.34. The van der Waals surface area contributed by atoms with Crippen molar-refractivity contribution in [3.05, 3.63) is 71.7 Å². The van der Waals surface area contributed by atoms with Crippen LogP contribution in [-0.2, 0) is 0 Å². The molecule has 0 aliphatic heterocycles. The molecule has 3 aromatic rings. The molecule has 1 aromatic heterocycles. The highest BCUT2D eigenvalue weighted by atomic mass is 19.1. The Kier molecular flexibility index (Phi) is 6.67. The molecule has 0 aliphatic carbocycles. The lowest BCUT2D eigenvalue weighted by Crippen LogP contribution is -2.16. The van der Waals surface area contributed by atoms with E-state index in [0.29, 0.717) is 22.8 Å². The number of nitriles is 1. The summed E-state index contributed by atoms with van der Waals surface area (Å²) in [4.78, 5) is 8.73. The number of nitrogens with zero attached hydrogens (tertiary/aromatic N) is 3. The summed E-state index contributed by atoms with van der Waals surface area (Å²) >= 11 is 0. The first kappa shape index (κ1) is 21.6. The Labute approximate surface area is 179 Å². The molecule has 1 unspecified atom stereocenters. The normalized spacial score (nSPS) is 12.0. The van der Waals surface area contributed by atoms with Crippen LogP contribution in [0.4, 0.5) is 4.39 Å². The van der Waals surface area contributed by atoms with Crippen LogP contribution in [0.25, 0.3) is 11.1 Å². The fourth-order valence-electron chi connectivity index (χ4n) is 3.02. The van der Waals surface area contributed by atoms with E-state index in [4.69, 9.17) is 25.2 Å². The second-order valence-electron chi connectivity index (χ2n) is 6.58. The minimum Gasteiger partial charge on any atom is -0.493 e. The van der Waals surface area contributed by atoms with Crippen LogP contribution in [0.5, 0.6) is 17.4 Å². The first-order chi connectivity index (χ1) is 15.0. The maximum atomic E-state index is 13.3. The van der Waals surface area contributed by atoms with E-state index in [1.165, 1.54) is 19.2 Å². The van der Waals surface area contributed by atoms with Crippen molar-refractivity contribution in [2.45, 2.75) is 13.0 Å². The molecule has 2 N–H and O–H groups in total. The van der Waals surface area contributed by atoms with Gasteiger partial charge in [-0.1, -0.05) is 12.1 Å². The van der Waals surface area contributed by atoms with Gasteiger partial charge in [-0.15, -0.1) is 5.26 Å². The predicted octanol–water partition coefficient (Wildman–Crippen LogP) is 4.23. The van der Waals surface area contributed by atoms with Gasteiger partial charge in [-0.05, 0) is 53.9 Å². The molecule has 8 heteroatoms. The van der Waals surface area contributed by atoms with Crippen LogP contribution < -0.4 is 19.9 Å². The Morgan fingerprint density at radius 2 is 1.84 bits per heavy atom. The number of methoxy groups -OCH3 is 2. The van der Waals surface area contributed by atoms with E-state index < -0.39 is 0 Å². The van der Waals surface area contributed by atoms with Gasteiger partial charge >= 0.3 is 0 Å². The van der Waals surface area contributed by atoms with Crippen molar-refractivity contribution in [3.63, 3.8) is 0 Å². The molecule has 158 valence electrons. The summed E-state index contributed by atoms with van der Waals surface area (Å²) in [6.07, 6.45) is 3.31. The summed E-state index contributed by atoms with van der Waals surface area (Å²) in [6, 6.07) is 12.7. The summed E-state index contributed by atoms with van der Waals surface area (Å²) in [5.74, 6) is 0.751. The average molecular weight is 420 g/mol. The standard InChI is InChI=1S/C23H21FN4O3/c1-14(16-6-9-21(30-3)27-12-16)28-23(26)19-10-17(15-4-7-18(24)8-5-15)11-20(29-2)22(19)31-13-25/h4-12,14H,1-3H3,(H2,26,28). The zero-order valence-corrected chi connectivity index (χ0v) is 17.3. The molecule has 2 aromatic carbocycles. The van der Waals surface area contributed by atoms with Gasteiger partial charge in [-0.3, -0.25) is 4.99 Å². The van der Waals surface area contributed by atoms with Crippen LogP contribution >= 0.6 is 0 Å². The lowest BCUT2D eigenvalue weighted by Gasteiger charge is -2.15. The predicted molar refractivity (Wildman–Crippen MR) is 115 cm³/mol. The highest BCUT2D eigenvalue weighted by Crippen LogP contribution is 2.37. The van der Waals surface area contributed by atoms with E-state index in [2.05, 4.69) is 9.98 Å². The van der Waals surface area contributed by atoms with Crippen molar-refractivity contribution in [2.75, 3.05) is 14.2 Å². The third kappa shape index (κ3) is 4.90. The Bertz CT molecular complexity index is 1120. The molecule has 1 atom stereocenters. The van der Waals surface area contributed by atoms with Gasteiger partial charge in [0.2, 0.25) is 5.88 Å². The number of nitrogens with two attached hydrogens (primary N) is 1. The molecule has 1 heterocycles. The number of hydrogen-bond acceptors (Lipinski definition) is 6. The summed E-state index contributed by atoms with van der Waals surface area (Å²) in [5, 5.41) is 9.10. The molecule has 7 nitrogen and oxygen atoms in total. The molecule has 0 aliphatic rings. The summed E-state index contributed by atoms with van der Waals surface area (Å²) in [5.41, 5.74) is 8.97. The van der Waals surface area contributed by atoms with Crippen LogP contribution in [0.15, 0.2) is 59.7 Å². The average Bonchev–Trinajstić information content (AvgIpc) is 2.79. The highest BCUT2D eigenvalue weighted by molar-refractivity contribution is 6.02. The number of aromatic nitrogens is 1. The van der Waals surface area contributed by atoms with Crippen molar-refractivity contribution >= 4 is 5.84 Å². The smallest absolute Gasteiger partial charge is 0.292 e. The van der Waals surface area contributed by atoms with Gasteiger partial charge in [-0.25, -0.2) is 9.37 Å². The monoisotopic (exact) mass is 420 g/mol. The van der Waals surface area contributed by atoms with E-state index in [-0.39, 0.29) is 23.4 Å². The number of rotatable bonds is 7. The first-order valence-corrected chi connectivity index (χ1v) is 9.34. The second-order valence-corrected chi connectivity index (χ2v) is 6.58. The van der Waals surface area contributed by atoms with Crippen LogP contribution in [0.2, 0.25) is 0 Å². The van der Waals surface area contributed by atoms with Crippen molar-refractivity contribution in [3.8, 4) is 34.8 Å². The lowest BCUT2D eigenvalue weighted by atomic mass is 10.0. The van der Waals surface area contributed by atoms with Gasteiger partial charge in [0.15, 0.2) is 11.5 Å². The zero-order chi connectivity index (χ0) is 22.4. The van der Waals surface area contributed by atoms with Gasteiger partial charge in [0.25, 0.3) is 6.26 Å². The summed E-state index contributed by atoms with van der Waals surface area (Å²) in [7, 11) is 3.00. The quantitative estimate of drug-likeness (QED) is 0.349. The molecule has 0 saturated heterocycles. The number of pyridine rings is 1. The summed E-state index contributed by atoms with van der Waals surface area (Å²) in [6.45, 7) is 1.86. The number of aliphatic imine (C=N–C) groups is 1. The van der Waals surface area contributed by atoms with E-state index in [1.54, 1.807) is 49.9 Å². The molecule has 0 radical (unpaired) electrons. The van der Waals surface area contributed by atoms with Crippen LogP contribution in [0.1, 0.15) is 24.1 Å². The lowest BCUT2D eigenvalue weighted by molar-refractivity contribution is 0.384. The molecule has 0 spiro atoms. The minimum atomic E-state index is -0.344. The number of hydrogen-bond donors (Lipinski definition) is 1. The number of ether oxygens (including phenoxy) is 3. The molecular weight excluding hydrogens is 399 g/mol. The van der Waals surface area contributed by atoms with Gasteiger partial charge in [0.1, 0.15) is 11.7 Å². The molecule has 0 fully saturated rings. The minimum absolute atomic E-state index is 0.149. The Morgan fingerprint density at radius 1 is 1.10 bits per heavy atom. The third-order valence-corrected chi connectivity index (χ3v) is 4.66.